The molecule has 0 radical (unpaired) electrons. The molecule has 3 rings (SSSR count). The van der Waals surface area contributed by atoms with Crippen LogP contribution in [0.15, 0.2) is 67.0 Å². The molecule has 0 saturated heterocycles. The number of rotatable bonds is 4. The van der Waals surface area contributed by atoms with Crippen LogP contribution in [0.3, 0.4) is 0 Å². The normalized spacial score (nSPS) is 10.2. The average molecular weight is 478 g/mol. The predicted octanol–water partition coefficient (Wildman–Crippen LogP) is 4.84. The number of nitrogens with one attached hydrogen (secondary N) is 2. The van der Waals surface area contributed by atoms with E-state index >= 15 is 0 Å². The van der Waals surface area contributed by atoms with Gasteiger partial charge in [-0.3, -0.25) is 14.6 Å². The van der Waals surface area contributed by atoms with E-state index in [1.54, 1.807) is 54.7 Å². The molecule has 0 atom stereocenters. The van der Waals surface area contributed by atoms with E-state index in [2.05, 4.69) is 38.2 Å². The zero-order valence-electron chi connectivity index (χ0n) is 13.4. The quantitative estimate of drug-likeness (QED) is 0.528. The molecular weight excluding hydrogens is 465 g/mol. The van der Waals surface area contributed by atoms with Crippen molar-refractivity contribution in [3.8, 4) is 0 Å². The maximum absolute atomic E-state index is 12.7. The van der Waals surface area contributed by atoms with Crippen LogP contribution >= 0.6 is 34.2 Å². The lowest BCUT2D eigenvalue weighted by Crippen LogP contribution is -2.18. The number of hydrogen-bond donors (Lipinski definition) is 2. The van der Waals surface area contributed by atoms with E-state index in [1.807, 2.05) is 6.07 Å². The van der Waals surface area contributed by atoms with Gasteiger partial charge in [-0.05, 0) is 65.1 Å². The van der Waals surface area contributed by atoms with Crippen LogP contribution in [0.25, 0.3) is 0 Å². The number of pyridine rings is 1. The molecule has 2 amide bonds. The van der Waals surface area contributed by atoms with Gasteiger partial charge in [-0.25, -0.2) is 0 Å². The molecule has 0 aliphatic rings. The van der Waals surface area contributed by atoms with Crippen molar-refractivity contribution in [2.45, 2.75) is 0 Å². The van der Waals surface area contributed by atoms with Gasteiger partial charge in [0.25, 0.3) is 11.8 Å². The van der Waals surface area contributed by atoms with Crippen LogP contribution in [0.1, 0.15) is 20.7 Å². The molecule has 5 nitrogen and oxygen atoms in total. The smallest absolute Gasteiger partial charge is 0.257 e. The molecule has 0 unspecified atom stereocenters. The number of carbonyl (C=O) groups excluding carboxylic acids is 2. The standard InChI is InChI=1S/C19H13ClIN3O2/c20-15-5-1-2-6-17(15)24-19(26)14-10-13(21)7-8-16(14)23-18(25)12-4-3-9-22-11-12/h1-11H,(H,23,25)(H,24,26). The molecule has 3 aromatic rings. The number of nitrogens with zero attached hydrogens (tertiary/aromatic N) is 1. The molecule has 0 saturated carbocycles. The first-order valence-corrected chi connectivity index (χ1v) is 9.07. The molecule has 7 heteroatoms. The number of benzene rings is 2. The Morgan fingerprint density at radius 2 is 1.69 bits per heavy atom. The fourth-order valence-corrected chi connectivity index (χ4v) is 2.93. The Kier molecular flexibility index (Phi) is 5.85. The number of hydrogen-bond acceptors (Lipinski definition) is 3. The van der Waals surface area contributed by atoms with Gasteiger partial charge in [0.1, 0.15) is 0 Å². The fourth-order valence-electron chi connectivity index (χ4n) is 2.26. The van der Waals surface area contributed by atoms with E-state index in [0.717, 1.165) is 3.57 Å². The molecule has 0 fully saturated rings. The topological polar surface area (TPSA) is 71.1 Å². The maximum Gasteiger partial charge on any atom is 0.257 e. The van der Waals surface area contributed by atoms with Crippen LogP contribution in [0.5, 0.6) is 0 Å². The third kappa shape index (κ3) is 4.39. The van der Waals surface area contributed by atoms with Crippen LogP contribution in [0.2, 0.25) is 5.02 Å². The van der Waals surface area contributed by atoms with Crippen LogP contribution in [0.4, 0.5) is 11.4 Å². The SMILES string of the molecule is O=C(Nc1ccc(I)cc1C(=O)Nc1ccccc1Cl)c1cccnc1. The zero-order valence-corrected chi connectivity index (χ0v) is 16.3. The number of aromatic nitrogens is 1. The van der Waals surface area contributed by atoms with Crippen molar-refractivity contribution in [3.63, 3.8) is 0 Å². The Hall–Kier alpha value is -2.45. The van der Waals surface area contributed by atoms with E-state index in [9.17, 15) is 9.59 Å². The van der Waals surface area contributed by atoms with Crippen LogP contribution in [-0.2, 0) is 0 Å². The van der Waals surface area contributed by atoms with Crippen molar-refractivity contribution < 1.29 is 9.59 Å². The van der Waals surface area contributed by atoms with Crippen molar-refractivity contribution in [2.75, 3.05) is 10.6 Å². The molecule has 2 aromatic carbocycles. The van der Waals surface area contributed by atoms with Gasteiger partial charge in [0, 0.05) is 16.0 Å². The second kappa shape index (κ2) is 8.29. The molecule has 0 bridgehead atoms. The summed E-state index contributed by atoms with van der Waals surface area (Å²) in [5.74, 6) is -0.704. The Bertz CT molecular complexity index is 964. The second-order valence-corrected chi connectivity index (χ2v) is 6.97. The minimum Gasteiger partial charge on any atom is -0.321 e. The molecule has 0 aliphatic carbocycles. The van der Waals surface area contributed by atoms with Gasteiger partial charge in [0.05, 0.1) is 27.5 Å². The van der Waals surface area contributed by atoms with Crippen LogP contribution < -0.4 is 10.6 Å². The highest BCUT2D eigenvalue weighted by atomic mass is 127. The Morgan fingerprint density at radius 3 is 2.42 bits per heavy atom. The Balaban J connectivity index is 1.87. The second-order valence-electron chi connectivity index (χ2n) is 5.32. The summed E-state index contributed by atoms with van der Waals surface area (Å²) in [6.45, 7) is 0. The minimum atomic E-state index is -0.363. The number of para-hydroxylation sites is 1. The van der Waals surface area contributed by atoms with Gasteiger partial charge in [-0.2, -0.15) is 0 Å². The monoisotopic (exact) mass is 477 g/mol. The van der Waals surface area contributed by atoms with Crippen molar-refractivity contribution >= 4 is 57.4 Å². The summed E-state index contributed by atoms with van der Waals surface area (Å²) in [5.41, 5.74) is 1.66. The van der Waals surface area contributed by atoms with E-state index < -0.39 is 0 Å². The highest BCUT2D eigenvalue weighted by molar-refractivity contribution is 14.1. The first kappa shape index (κ1) is 18.3. The van der Waals surface area contributed by atoms with Crippen molar-refractivity contribution in [3.05, 3.63) is 86.7 Å². The van der Waals surface area contributed by atoms with E-state index in [1.165, 1.54) is 6.20 Å². The maximum atomic E-state index is 12.7. The first-order valence-electron chi connectivity index (χ1n) is 7.61. The highest BCUT2D eigenvalue weighted by Gasteiger charge is 2.16. The molecule has 0 aliphatic heterocycles. The summed E-state index contributed by atoms with van der Waals surface area (Å²) >= 11 is 8.21. The fraction of sp³-hybridized carbons (Fsp3) is 0. The van der Waals surface area contributed by atoms with Crippen molar-refractivity contribution in [1.29, 1.82) is 0 Å². The number of amides is 2. The average Bonchev–Trinajstić information content (AvgIpc) is 2.65. The van der Waals surface area contributed by atoms with E-state index in [-0.39, 0.29) is 11.8 Å². The summed E-state index contributed by atoms with van der Waals surface area (Å²) in [4.78, 5) is 29.0. The Morgan fingerprint density at radius 1 is 0.923 bits per heavy atom. The number of halogens is 2. The first-order chi connectivity index (χ1) is 12.5. The van der Waals surface area contributed by atoms with Gasteiger partial charge in [-0.1, -0.05) is 23.7 Å². The molecule has 2 N–H and O–H groups in total. The van der Waals surface area contributed by atoms with E-state index in [0.29, 0.717) is 27.5 Å². The third-order valence-electron chi connectivity index (χ3n) is 3.52. The van der Waals surface area contributed by atoms with Crippen molar-refractivity contribution in [2.24, 2.45) is 0 Å². The number of anilines is 2. The van der Waals surface area contributed by atoms with Gasteiger partial charge < -0.3 is 10.6 Å². The lowest BCUT2D eigenvalue weighted by molar-refractivity contribution is 0.102. The van der Waals surface area contributed by atoms with Gasteiger partial charge in [0.15, 0.2) is 0 Å². The van der Waals surface area contributed by atoms with Crippen LogP contribution in [-0.4, -0.2) is 16.8 Å². The lowest BCUT2D eigenvalue weighted by atomic mass is 10.1. The third-order valence-corrected chi connectivity index (χ3v) is 4.52. The van der Waals surface area contributed by atoms with Gasteiger partial charge in [-0.15, -0.1) is 0 Å². The molecule has 130 valence electrons. The molecule has 0 spiro atoms. The number of carbonyl (C=O) groups is 2. The van der Waals surface area contributed by atoms with Crippen molar-refractivity contribution in [1.82, 2.24) is 4.98 Å². The summed E-state index contributed by atoms with van der Waals surface area (Å²) < 4.78 is 0.867. The van der Waals surface area contributed by atoms with Gasteiger partial charge in [0.2, 0.25) is 0 Å². The predicted molar refractivity (Wildman–Crippen MR) is 111 cm³/mol. The molecule has 1 heterocycles. The largest absolute Gasteiger partial charge is 0.321 e. The summed E-state index contributed by atoms with van der Waals surface area (Å²) in [6, 6.07) is 15.5. The summed E-state index contributed by atoms with van der Waals surface area (Å²) in [6.07, 6.45) is 3.05. The Labute approximate surface area is 168 Å². The minimum absolute atomic E-state index is 0.342. The van der Waals surface area contributed by atoms with Crippen LogP contribution in [0, 0.1) is 3.57 Å². The van der Waals surface area contributed by atoms with Gasteiger partial charge >= 0.3 is 0 Å². The zero-order chi connectivity index (χ0) is 18.5. The lowest BCUT2D eigenvalue weighted by Gasteiger charge is -2.13. The molecule has 1 aromatic heterocycles. The van der Waals surface area contributed by atoms with E-state index in [4.69, 9.17) is 11.6 Å². The summed E-state index contributed by atoms with van der Waals surface area (Å²) in [5, 5.41) is 5.97. The molecular formula is C19H13ClIN3O2. The molecule has 26 heavy (non-hydrogen) atoms. The highest BCUT2D eigenvalue weighted by Crippen LogP contribution is 2.24. The summed E-state index contributed by atoms with van der Waals surface area (Å²) in [7, 11) is 0.